The molecule has 8 heteroatoms. The Balaban J connectivity index is 2.37. The lowest BCUT2D eigenvalue weighted by molar-refractivity contribution is 0.567. The summed E-state index contributed by atoms with van der Waals surface area (Å²) in [6.07, 6.45) is 0. The van der Waals surface area contributed by atoms with Gasteiger partial charge >= 0.3 is 0 Å². The Bertz CT molecular complexity index is 692. The van der Waals surface area contributed by atoms with Gasteiger partial charge in [-0.1, -0.05) is 23.2 Å². The molecule has 0 aliphatic rings. The summed E-state index contributed by atoms with van der Waals surface area (Å²) in [6, 6.07) is 4.19. The van der Waals surface area contributed by atoms with Crippen LogP contribution in [0.4, 0.5) is 5.69 Å². The first kappa shape index (κ1) is 15.6. The number of nitrogen functional groups attached to an aromatic ring is 1. The van der Waals surface area contributed by atoms with Gasteiger partial charge in [0.15, 0.2) is 0 Å². The normalized spacial score (nSPS) is 13.3. The quantitative estimate of drug-likeness (QED) is 0.826. The van der Waals surface area contributed by atoms with Crippen molar-refractivity contribution in [3.05, 3.63) is 44.6 Å². The number of thiophene rings is 1. The predicted octanol–water partition coefficient (Wildman–Crippen LogP) is 3.68. The summed E-state index contributed by atoms with van der Waals surface area (Å²) < 4.78 is 27.3. The SMILES string of the molecule is CC(NS(=O)(=O)c1c(Cl)cc(N)cc1Cl)c1ccsc1. The molecular weight excluding hydrogens is 339 g/mol. The van der Waals surface area contributed by atoms with Gasteiger partial charge in [0.1, 0.15) is 4.90 Å². The minimum absolute atomic E-state index is 0.0000172. The van der Waals surface area contributed by atoms with Crippen LogP contribution in [0, 0.1) is 0 Å². The molecule has 0 saturated heterocycles. The Morgan fingerprint density at radius 3 is 2.40 bits per heavy atom. The molecule has 0 aliphatic heterocycles. The third kappa shape index (κ3) is 3.27. The molecule has 1 aromatic heterocycles. The van der Waals surface area contributed by atoms with Crippen LogP contribution >= 0.6 is 34.5 Å². The van der Waals surface area contributed by atoms with Gasteiger partial charge in [0.2, 0.25) is 10.0 Å². The van der Waals surface area contributed by atoms with Crippen molar-refractivity contribution in [2.75, 3.05) is 5.73 Å². The fourth-order valence-electron chi connectivity index (χ4n) is 1.72. The monoisotopic (exact) mass is 350 g/mol. The Labute approximate surface area is 131 Å². The second-order valence-corrected chi connectivity index (χ2v) is 7.46. The molecule has 0 bridgehead atoms. The molecule has 1 aromatic carbocycles. The smallest absolute Gasteiger partial charge is 0.244 e. The van der Waals surface area contributed by atoms with Crippen molar-refractivity contribution in [1.82, 2.24) is 4.72 Å². The number of sulfonamides is 1. The van der Waals surface area contributed by atoms with E-state index in [9.17, 15) is 8.42 Å². The molecule has 108 valence electrons. The summed E-state index contributed by atoms with van der Waals surface area (Å²) in [5, 5.41) is 3.75. The highest BCUT2D eigenvalue weighted by atomic mass is 35.5. The molecule has 0 amide bonds. The van der Waals surface area contributed by atoms with Gasteiger partial charge in [0, 0.05) is 11.7 Å². The van der Waals surface area contributed by atoms with Crippen molar-refractivity contribution >= 4 is 50.2 Å². The van der Waals surface area contributed by atoms with Crippen molar-refractivity contribution in [2.24, 2.45) is 0 Å². The van der Waals surface area contributed by atoms with Gasteiger partial charge in [-0.05, 0) is 41.4 Å². The Kier molecular flexibility index (Phi) is 4.61. The van der Waals surface area contributed by atoms with Crippen LogP contribution in [0.2, 0.25) is 10.0 Å². The van der Waals surface area contributed by atoms with Crippen molar-refractivity contribution in [3.63, 3.8) is 0 Å². The first-order chi connectivity index (χ1) is 9.31. The second-order valence-electron chi connectivity index (χ2n) is 4.21. The van der Waals surface area contributed by atoms with E-state index in [1.165, 1.54) is 23.5 Å². The van der Waals surface area contributed by atoms with Gasteiger partial charge in [-0.3, -0.25) is 0 Å². The molecule has 1 atom stereocenters. The molecule has 1 unspecified atom stereocenters. The van der Waals surface area contributed by atoms with Crippen LogP contribution in [0.3, 0.4) is 0 Å². The molecule has 4 nitrogen and oxygen atoms in total. The summed E-state index contributed by atoms with van der Waals surface area (Å²) in [7, 11) is -3.83. The number of rotatable bonds is 4. The average molecular weight is 351 g/mol. The van der Waals surface area contributed by atoms with Crippen molar-refractivity contribution in [1.29, 1.82) is 0 Å². The maximum Gasteiger partial charge on any atom is 0.244 e. The molecule has 0 radical (unpaired) electrons. The zero-order valence-electron chi connectivity index (χ0n) is 10.4. The zero-order chi connectivity index (χ0) is 14.9. The highest BCUT2D eigenvalue weighted by molar-refractivity contribution is 7.89. The van der Waals surface area contributed by atoms with Gasteiger partial charge in [-0.25, -0.2) is 13.1 Å². The van der Waals surface area contributed by atoms with E-state index >= 15 is 0 Å². The number of halogens is 2. The number of nitrogens with two attached hydrogens (primary N) is 1. The van der Waals surface area contributed by atoms with E-state index < -0.39 is 10.0 Å². The summed E-state index contributed by atoms with van der Waals surface area (Å²) >= 11 is 13.4. The Morgan fingerprint density at radius 2 is 1.90 bits per heavy atom. The second kappa shape index (κ2) is 5.91. The molecule has 0 spiro atoms. The molecule has 3 N–H and O–H groups in total. The van der Waals surface area contributed by atoms with E-state index in [-0.39, 0.29) is 21.0 Å². The molecule has 2 rings (SSSR count). The first-order valence-electron chi connectivity index (χ1n) is 5.60. The van der Waals surface area contributed by atoms with Gasteiger partial charge in [0.05, 0.1) is 10.0 Å². The van der Waals surface area contributed by atoms with E-state index in [4.69, 9.17) is 28.9 Å². The molecular formula is C12H12Cl2N2O2S2. The fourth-order valence-corrected chi connectivity index (χ4v) is 4.94. The largest absolute Gasteiger partial charge is 0.399 e. The highest BCUT2D eigenvalue weighted by Crippen LogP contribution is 2.32. The molecule has 1 heterocycles. The lowest BCUT2D eigenvalue weighted by Gasteiger charge is -2.15. The van der Waals surface area contributed by atoms with Crippen LogP contribution < -0.4 is 10.5 Å². The van der Waals surface area contributed by atoms with Crippen LogP contribution in [-0.2, 0) is 10.0 Å². The molecule has 0 saturated carbocycles. The topological polar surface area (TPSA) is 72.2 Å². The number of nitrogens with one attached hydrogen (secondary N) is 1. The molecule has 2 aromatic rings. The number of anilines is 1. The predicted molar refractivity (Wildman–Crippen MR) is 83.9 cm³/mol. The van der Waals surface area contributed by atoms with Gasteiger partial charge in [0.25, 0.3) is 0 Å². The summed E-state index contributed by atoms with van der Waals surface area (Å²) in [6.45, 7) is 1.75. The van der Waals surface area contributed by atoms with E-state index in [0.717, 1.165) is 5.56 Å². The van der Waals surface area contributed by atoms with Gasteiger partial charge < -0.3 is 5.73 Å². The molecule has 20 heavy (non-hydrogen) atoms. The Hall–Kier alpha value is -0.790. The lowest BCUT2D eigenvalue weighted by Crippen LogP contribution is -2.27. The van der Waals surface area contributed by atoms with E-state index in [1.807, 2.05) is 16.8 Å². The zero-order valence-corrected chi connectivity index (χ0v) is 13.6. The minimum Gasteiger partial charge on any atom is -0.399 e. The van der Waals surface area contributed by atoms with Crippen molar-refractivity contribution < 1.29 is 8.42 Å². The van der Waals surface area contributed by atoms with Gasteiger partial charge in [-0.2, -0.15) is 11.3 Å². The standard InChI is InChI=1S/C12H12Cl2N2O2S2/c1-7(8-2-3-19-6-8)16-20(17,18)12-10(13)4-9(15)5-11(12)14/h2-7,16H,15H2,1H3. The third-order valence-corrected chi connectivity index (χ3v) is 5.83. The summed E-state index contributed by atoms with van der Waals surface area (Å²) in [5.74, 6) is 0. The maximum atomic E-state index is 12.4. The number of hydrogen-bond donors (Lipinski definition) is 2. The van der Waals surface area contributed by atoms with Gasteiger partial charge in [-0.15, -0.1) is 0 Å². The van der Waals surface area contributed by atoms with Crippen molar-refractivity contribution in [3.8, 4) is 0 Å². The first-order valence-corrected chi connectivity index (χ1v) is 8.78. The minimum atomic E-state index is -3.83. The lowest BCUT2D eigenvalue weighted by atomic mass is 10.2. The molecule has 0 fully saturated rings. The van der Waals surface area contributed by atoms with E-state index in [1.54, 1.807) is 6.92 Å². The Morgan fingerprint density at radius 1 is 1.30 bits per heavy atom. The van der Waals surface area contributed by atoms with Crippen LogP contribution in [0.1, 0.15) is 18.5 Å². The van der Waals surface area contributed by atoms with Crippen molar-refractivity contribution in [2.45, 2.75) is 17.9 Å². The molecule has 0 aliphatic carbocycles. The average Bonchev–Trinajstić information content (AvgIpc) is 2.78. The number of benzene rings is 1. The van der Waals surface area contributed by atoms with Crippen LogP contribution in [0.25, 0.3) is 0 Å². The van der Waals surface area contributed by atoms with Crippen LogP contribution in [-0.4, -0.2) is 8.42 Å². The summed E-state index contributed by atoms with van der Waals surface area (Å²) in [5.41, 5.74) is 6.75. The van der Waals surface area contributed by atoms with E-state index in [0.29, 0.717) is 5.69 Å². The number of hydrogen-bond acceptors (Lipinski definition) is 4. The fraction of sp³-hybridized carbons (Fsp3) is 0.167. The van der Waals surface area contributed by atoms with Crippen LogP contribution in [0.15, 0.2) is 33.9 Å². The summed E-state index contributed by atoms with van der Waals surface area (Å²) in [4.78, 5) is -0.155. The highest BCUT2D eigenvalue weighted by Gasteiger charge is 2.24. The maximum absolute atomic E-state index is 12.4. The van der Waals surface area contributed by atoms with E-state index in [2.05, 4.69) is 4.72 Å². The third-order valence-electron chi connectivity index (χ3n) is 2.66. The van der Waals surface area contributed by atoms with Crippen LogP contribution in [0.5, 0.6) is 0 Å².